The molecule has 1 fully saturated rings. The van der Waals surface area contributed by atoms with Crippen LogP contribution in [0.5, 0.6) is 0 Å². The second kappa shape index (κ2) is 7.87. The van der Waals surface area contributed by atoms with Crippen molar-refractivity contribution in [1.29, 1.82) is 0 Å². The lowest BCUT2D eigenvalue weighted by Crippen LogP contribution is -2.40. The number of H-pyrrole nitrogens is 1. The van der Waals surface area contributed by atoms with Crippen LogP contribution in [0.25, 0.3) is 11.2 Å². The summed E-state index contributed by atoms with van der Waals surface area (Å²) in [4.78, 5) is 56.9. The van der Waals surface area contributed by atoms with Gasteiger partial charge in [-0.15, -0.1) is 0 Å². The molecule has 3 rings (SSSR count). The molecule has 0 saturated carbocycles. The Morgan fingerprint density at radius 1 is 1.17 bits per heavy atom. The van der Waals surface area contributed by atoms with E-state index in [1.807, 2.05) is 0 Å². The highest BCUT2D eigenvalue weighted by Gasteiger charge is 2.51. The summed E-state index contributed by atoms with van der Waals surface area (Å²) in [6, 6.07) is 0. The number of aromatic amines is 1. The van der Waals surface area contributed by atoms with Crippen LogP contribution in [0.1, 0.15) is 27.0 Å². The van der Waals surface area contributed by atoms with E-state index < -0.39 is 48.0 Å². The van der Waals surface area contributed by atoms with Crippen LogP contribution in [-0.2, 0) is 33.3 Å². The lowest BCUT2D eigenvalue weighted by molar-refractivity contribution is -0.166. The predicted octanol–water partition coefficient (Wildman–Crippen LogP) is -0.974. The van der Waals surface area contributed by atoms with Crippen molar-refractivity contribution in [3.8, 4) is 0 Å². The summed E-state index contributed by atoms with van der Waals surface area (Å²) < 4.78 is 22.8. The molecule has 2 aromatic rings. The number of hydrogen-bond donors (Lipinski definition) is 2. The number of carbonyl (C=O) groups is 3. The van der Waals surface area contributed by atoms with E-state index in [2.05, 4.69) is 15.0 Å². The number of nitrogen functional groups attached to an aromatic ring is 1. The quantitative estimate of drug-likeness (QED) is 0.458. The molecule has 29 heavy (non-hydrogen) atoms. The van der Waals surface area contributed by atoms with Crippen LogP contribution < -0.4 is 11.3 Å². The van der Waals surface area contributed by atoms with Crippen molar-refractivity contribution < 1.29 is 33.3 Å². The summed E-state index contributed by atoms with van der Waals surface area (Å²) in [6.07, 6.45) is -2.99. The molecule has 0 spiro atoms. The maximum Gasteiger partial charge on any atom is 0.303 e. The fourth-order valence-corrected chi connectivity index (χ4v) is 3.05. The number of anilines is 1. The molecule has 156 valence electrons. The fraction of sp³-hybridized carbons (Fsp3) is 0.500. The summed E-state index contributed by atoms with van der Waals surface area (Å²) in [5.41, 5.74) is 5.09. The molecular weight excluding hydrogens is 390 g/mol. The van der Waals surface area contributed by atoms with E-state index in [9.17, 15) is 19.2 Å². The Labute approximate surface area is 163 Å². The Kier molecular flexibility index (Phi) is 5.50. The van der Waals surface area contributed by atoms with Crippen LogP contribution in [0.2, 0.25) is 0 Å². The molecule has 4 atom stereocenters. The van der Waals surface area contributed by atoms with Crippen molar-refractivity contribution in [2.24, 2.45) is 0 Å². The van der Waals surface area contributed by atoms with Gasteiger partial charge in [0.1, 0.15) is 12.7 Å². The molecule has 0 radical (unpaired) electrons. The third kappa shape index (κ3) is 4.18. The van der Waals surface area contributed by atoms with E-state index in [1.54, 1.807) is 0 Å². The standard InChI is InChI=1S/C16H19N5O8/c1-6(22)26-4-9-11(27-7(2)23)12(28-8(3)24)15(29-9)21-5-18-10-13(21)19-16(17)20-14(10)25/h5,9,11-12,15H,4H2,1-3H3,(H3,17,19,20,25)/t9-,11-,12+,15+/m1/s1. The van der Waals surface area contributed by atoms with Crippen molar-refractivity contribution in [2.45, 2.75) is 45.3 Å². The monoisotopic (exact) mass is 409 g/mol. The zero-order chi connectivity index (χ0) is 21.3. The van der Waals surface area contributed by atoms with Gasteiger partial charge in [-0.1, -0.05) is 0 Å². The molecule has 0 aliphatic carbocycles. The second-order valence-electron chi connectivity index (χ2n) is 6.29. The summed E-state index contributed by atoms with van der Waals surface area (Å²) >= 11 is 0. The average molecular weight is 409 g/mol. The van der Waals surface area contributed by atoms with E-state index in [-0.39, 0.29) is 23.7 Å². The lowest BCUT2D eigenvalue weighted by Gasteiger charge is -2.23. The van der Waals surface area contributed by atoms with Crippen LogP contribution in [0.3, 0.4) is 0 Å². The third-order valence-corrected chi connectivity index (χ3v) is 4.07. The minimum absolute atomic E-state index is 0.0168. The number of ether oxygens (including phenoxy) is 4. The molecule has 3 heterocycles. The molecule has 1 saturated heterocycles. The van der Waals surface area contributed by atoms with Gasteiger partial charge in [-0.3, -0.25) is 28.7 Å². The van der Waals surface area contributed by atoms with Gasteiger partial charge in [0.15, 0.2) is 29.6 Å². The number of carbonyl (C=O) groups excluding carboxylic acids is 3. The maximum atomic E-state index is 12.0. The normalized spacial score (nSPS) is 23.7. The Balaban J connectivity index is 2.05. The Morgan fingerprint density at radius 2 is 1.83 bits per heavy atom. The van der Waals surface area contributed by atoms with Gasteiger partial charge in [-0.2, -0.15) is 4.98 Å². The molecule has 13 heteroatoms. The smallest absolute Gasteiger partial charge is 0.303 e. The van der Waals surface area contributed by atoms with Crippen molar-refractivity contribution >= 4 is 35.0 Å². The van der Waals surface area contributed by atoms with Crippen molar-refractivity contribution in [3.63, 3.8) is 0 Å². The SMILES string of the molecule is CC(=O)OC[C@H]1O[C@H](n2cnc3c(=O)[nH]c(N)nc32)[C@@H](OC(C)=O)[C@@H]1OC(C)=O. The zero-order valence-corrected chi connectivity index (χ0v) is 15.8. The summed E-state index contributed by atoms with van der Waals surface area (Å²) in [5.74, 6) is -2.04. The molecule has 0 unspecified atom stereocenters. The Hall–Kier alpha value is -3.48. The maximum absolute atomic E-state index is 12.0. The molecule has 1 aliphatic heterocycles. The van der Waals surface area contributed by atoms with Gasteiger partial charge in [0.25, 0.3) is 5.56 Å². The average Bonchev–Trinajstić information content (AvgIpc) is 3.15. The van der Waals surface area contributed by atoms with Gasteiger partial charge in [-0.25, -0.2) is 4.98 Å². The first-order chi connectivity index (χ1) is 13.7. The van der Waals surface area contributed by atoms with Crippen LogP contribution in [0, 0.1) is 0 Å². The van der Waals surface area contributed by atoms with Crippen LogP contribution in [0.4, 0.5) is 5.95 Å². The highest BCUT2D eigenvalue weighted by atomic mass is 16.7. The highest BCUT2D eigenvalue weighted by molar-refractivity contribution is 5.71. The third-order valence-electron chi connectivity index (χ3n) is 4.07. The molecule has 3 N–H and O–H groups in total. The molecule has 13 nitrogen and oxygen atoms in total. The van der Waals surface area contributed by atoms with Gasteiger partial charge in [0.2, 0.25) is 5.95 Å². The Morgan fingerprint density at radius 3 is 2.45 bits per heavy atom. The van der Waals surface area contributed by atoms with Crippen LogP contribution in [-0.4, -0.2) is 62.3 Å². The molecular formula is C16H19N5O8. The minimum Gasteiger partial charge on any atom is -0.463 e. The van der Waals surface area contributed by atoms with E-state index in [0.29, 0.717) is 0 Å². The highest BCUT2D eigenvalue weighted by Crippen LogP contribution is 2.35. The number of nitrogens with one attached hydrogen (secondary N) is 1. The number of nitrogens with zero attached hydrogens (tertiary/aromatic N) is 3. The summed E-state index contributed by atoms with van der Waals surface area (Å²) in [5, 5.41) is 0. The zero-order valence-electron chi connectivity index (χ0n) is 15.8. The number of aromatic nitrogens is 4. The van der Waals surface area contributed by atoms with Crippen LogP contribution in [0.15, 0.2) is 11.1 Å². The van der Waals surface area contributed by atoms with E-state index in [4.69, 9.17) is 24.7 Å². The molecule has 2 aromatic heterocycles. The summed E-state index contributed by atoms with van der Waals surface area (Å²) in [6.45, 7) is 3.30. The first kappa shape index (κ1) is 20.3. The number of esters is 3. The summed E-state index contributed by atoms with van der Waals surface area (Å²) in [7, 11) is 0. The van der Waals surface area contributed by atoms with Gasteiger partial charge < -0.3 is 24.7 Å². The largest absolute Gasteiger partial charge is 0.463 e. The topological polar surface area (TPSA) is 178 Å². The molecule has 0 amide bonds. The lowest BCUT2D eigenvalue weighted by atomic mass is 10.1. The van der Waals surface area contributed by atoms with Crippen LogP contribution >= 0.6 is 0 Å². The van der Waals surface area contributed by atoms with Gasteiger partial charge in [-0.05, 0) is 0 Å². The number of fused-ring (bicyclic) bond motifs is 1. The number of hydrogen-bond acceptors (Lipinski definition) is 11. The number of imidazole rings is 1. The van der Waals surface area contributed by atoms with Gasteiger partial charge in [0.05, 0.1) is 6.33 Å². The first-order valence-electron chi connectivity index (χ1n) is 8.53. The molecule has 1 aliphatic rings. The first-order valence-corrected chi connectivity index (χ1v) is 8.53. The Bertz CT molecular complexity index is 1010. The van der Waals surface area contributed by atoms with E-state index >= 15 is 0 Å². The molecule has 0 bridgehead atoms. The number of nitrogens with two attached hydrogens (primary N) is 1. The van der Waals surface area contributed by atoms with Crippen molar-refractivity contribution in [3.05, 3.63) is 16.7 Å². The second-order valence-corrected chi connectivity index (χ2v) is 6.29. The van der Waals surface area contributed by atoms with E-state index in [0.717, 1.165) is 0 Å². The predicted molar refractivity (Wildman–Crippen MR) is 94.2 cm³/mol. The number of rotatable bonds is 5. The van der Waals surface area contributed by atoms with E-state index in [1.165, 1.54) is 31.7 Å². The van der Waals surface area contributed by atoms with Gasteiger partial charge in [0, 0.05) is 20.8 Å². The van der Waals surface area contributed by atoms with Gasteiger partial charge >= 0.3 is 17.9 Å². The van der Waals surface area contributed by atoms with Crippen molar-refractivity contribution in [1.82, 2.24) is 19.5 Å². The van der Waals surface area contributed by atoms with Crippen molar-refractivity contribution in [2.75, 3.05) is 12.3 Å². The fourth-order valence-electron chi connectivity index (χ4n) is 3.05. The minimum atomic E-state index is -1.13. The molecule has 0 aromatic carbocycles.